The Morgan fingerprint density at radius 3 is 2.72 bits per heavy atom. The van der Waals surface area contributed by atoms with E-state index in [1.54, 1.807) is 0 Å². The summed E-state index contributed by atoms with van der Waals surface area (Å²) in [4.78, 5) is 1.98. The molecule has 2 aromatic rings. The highest BCUT2D eigenvalue weighted by Crippen LogP contribution is 2.72. The van der Waals surface area contributed by atoms with Crippen LogP contribution in [-0.4, -0.2) is 74.5 Å². The van der Waals surface area contributed by atoms with E-state index in [9.17, 15) is 10.2 Å². The highest BCUT2D eigenvalue weighted by molar-refractivity contribution is 5.91. The number of rotatable bonds is 2. The molecule has 7 nitrogen and oxygen atoms in total. The van der Waals surface area contributed by atoms with Crippen molar-refractivity contribution in [2.24, 2.45) is 17.3 Å². The molecule has 2 saturated carbocycles. The molecular weight excluding hydrogens is 459 g/mol. The number of aromatic nitrogens is 2. The number of aliphatic hydroxyl groups excluding tert-OH is 2. The van der Waals surface area contributed by atoms with Gasteiger partial charge in [-0.05, 0) is 87.7 Å². The van der Waals surface area contributed by atoms with Crippen LogP contribution in [0.3, 0.4) is 0 Å². The second-order valence-corrected chi connectivity index (χ2v) is 12.7. The summed E-state index contributed by atoms with van der Waals surface area (Å²) in [6.07, 6.45) is 4.65. The lowest BCUT2D eigenvalue weighted by atomic mass is 9.51. The van der Waals surface area contributed by atoms with Crippen LogP contribution < -0.4 is 5.73 Å². The number of aliphatic hydroxyl groups is 2. The van der Waals surface area contributed by atoms with Gasteiger partial charge < -0.3 is 25.6 Å². The monoisotopic (exact) mass is 496 g/mol. The molecule has 2 bridgehead atoms. The molecule has 2 spiro atoms. The maximum absolute atomic E-state index is 17.2. The number of likely N-dealkylation sites (N-methyl/N-ethyl adjacent to an activating group) is 1. The molecule has 4 fully saturated rings. The fourth-order valence-corrected chi connectivity index (χ4v) is 9.22. The summed E-state index contributed by atoms with van der Waals surface area (Å²) in [6, 6.07) is 6.03. The van der Waals surface area contributed by atoms with Crippen LogP contribution in [0.4, 0.5) is 10.2 Å². The highest BCUT2D eigenvalue weighted by Gasteiger charge is 2.77. The lowest BCUT2D eigenvalue weighted by molar-refractivity contribution is -0.314. The molecule has 5 aliphatic rings. The zero-order valence-corrected chi connectivity index (χ0v) is 21.3. The molecule has 194 valence electrons. The van der Waals surface area contributed by atoms with Crippen molar-refractivity contribution < 1.29 is 19.3 Å². The van der Waals surface area contributed by atoms with Gasteiger partial charge in [-0.15, -0.1) is 0 Å². The number of anilines is 1. The summed E-state index contributed by atoms with van der Waals surface area (Å²) in [7, 11) is 3.86. The van der Waals surface area contributed by atoms with Crippen LogP contribution in [-0.2, 0) is 4.74 Å². The number of nitrogens with one attached hydrogen (secondary N) is 1. The van der Waals surface area contributed by atoms with Crippen molar-refractivity contribution in [3.05, 3.63) is 29.8 Å². The van der Waals surface area contributed by atoms with Crippen molar-refractivity contribution in [1.82, 2.24) is 15.1 Å². The second kappa shape index (κ2) is 7.10. The maximum Gasteiger partial charge on any atom is 0.153 e. The van der Waals surface area contributed by atoms with Crippen LogP contribution in [0.2, 0.25) is 0 Å². The number of aromatic amines is 1. The van der Waals surface area contributed by atoms with Crippen molar-refractivity contribution >= 4 is 22.3 Å². The average Bonchev–Trinajstić information content (AvgIpc) is 3.50. The van der Waals surface area contributed by atoms with Crippen molar-refractivity contribution in [2.45, 2.75) is 87.0 Å². The first-order chi connectivity index (χ1) is 17.0. The molecule has 9 atom stereocenters. The third-order valence-electron chi connectivity index (χ3n) is 11.1. The number of halogens is 1. The van der Waals surface area contributed by atoms with Gasteiger partial charge in [-0.25, -0.2) is 4.39 Å². The van der Waals surface area contributed by atoms with E-state index < -0.39 is 29.1 Å². The Morgan fingerprint density at radius 2 is 1.94 bits per heavy atom. The van der Waals surface area contributed by atoms with Gasteiger partial charge in [-0.1, -0.05) is 19.1 Å². The van der Waals surface area contributed by atoms with Crippen LogP contribution in [0, 0.1) is 17.3 Å². The number of allylic oxidation sites excluding steroid dienone is 2. The lowest BCUT2D eigenvalue weighted by Crippen LogP contribution is -2.72. The number of nitrogen functional groups attached to an aromatic ring is 1. The van der Waals surface area contributed by atoms with Gasteiger partial charge in [-0.2, -0.15) is 5.10 Å². The van der Waals surface area contributed by atoms with Crippen LogP contribution in [0.25, 0.3) is 16.5 Å². The third-order valence-corrected chi connectivity index (χ3v) is 11.1. The summed E-state index contributed by atoms with van der Waals surface area (Å²) in [6.45, 7) is 2.29. The van der Waals surface area contributed by atoms with Crippen molar-refractivity contribution in [2.75, 3.05) is 19.8 Å². The van der Waals surface area contributed by atoms with Crippen LogP contribution in [0.15, 0.2) is 24.3 Å². The van der Waals surface area contributed by atoms with E-state index in [-0.39, 0.29) is 29.7 Å². The van der Waals surface area contributed by atoms with Gasteiger partial charge in [0.15, 0.2) is 5.82 Å². The zero-order valence-electron chi connectivity index (χ0n) is 21.3. The molecule has 5 N–H and O–H groups in total. The number of H-pyrrole nitrogens is 1. The van der Waals surface area contributed by atoms with E-state index in [4.69, 9.17) is 10.5 Å². The SMILES string of the molecule is CN(C)C1CC23CCC4(O2)C2CC=C(c5ccc6c(N)n[nH]c6c5)C2(C)CCC4(F)CC3C(O)C1O. The topological polar surface area (TPSA) is 108 Å². The number of nitrogens with two attached hydrogens (primary N) is 1. The van der Waals surface area contributed by atoms with Gasteiger partial charge >= 0.3 is 0 Å². The van der Waals surface area contributed by atoms with E-state index in [0.29, 0.717) is 25.1 Å². The first-order valence-electron chi connectivity index (χ1n) is 13.4. The smallest absolute Gasteiger partial charge is 0.153 e. The Bertz CT molecular complexity index is 1280. The Morgan fingerprint density at radius 1 is 1.14 bits per heavy atom. The minimum atomic E-state index is -1.50. The molecule has 36 heavy (non-hydrogen) atoms. The van der Waals surface area contributed by atoms with Gasteiger partial charge in [0.1, 0.15) is 11.3 Å². The lowest BCUT2D eigenvalue weighted by Gasteiger charge is -2.64. The second-order valence-electron chi connectivity index (χ2n) is 12.7. The molecule has 9 unspecified atom stereocenters. The molecule has 1 aromatic carbocycles. The molecular formula is C28H37FN4O3. The minimum absolute atomic E-state index is 0.0309. The number of hydrogen-bond acceptors (Lipinski definition) is 6. The van der Waals surface area contributed by atoms with Crippen LogP contribution in [0.5, 0.6) is 0 Å². The van der Waals surface area contributed by atoms with Crippen molar-refractivity contribution in [1.29, 1.82) is 0 Å². The first kappa shape index (κ1) is 23.1. The van der Waals surface area contributed by atoms with Crippen molar-refractivity contribution in [3.63, 3.8) is 0 Å². The number of hydrogen-bond donors (Lipinski definition) is 4. The molecule has 3 heterocycles. The first-order valence-corrected chi connectivity index (χ1v) is 13.4. The van der Waals surface area contributed by atoms with Gasteiger partial charge in [0.2, 0.25) is 0 Å². The maximum atomic E-state index is 17.2. The molecule has 0 amide bonds. The van der Waals surface area contributed by atoms with Gasteiger partial charge in [0, 0.05) is 23.3 Å². The quantitative estimate of drug-likeness (QED) is 0.508. The predicted octanol–water partition coefficient (Wildman–Crippen LogP) is 3.42. The minimum Gasteiger partial charge on any atom is -0.390 e. The Hall–Kier alpha value is -2.00. The molecule has 1 aromatic heterocycles. The third kappa shape index (κ3) is 2.64. The van der Waals surface area contributed by atoms with Crippen molar-refractivity contribution in [3.8, 4) is 0 Å². The summed E-state index contributed by atoms with van der Waals surface area (Å²) in [5.41, 5.74) is 6.13. The van der Waals surface area contributed by atoms with Crippen LogP contribution >= 0.6 is 0 Å². The summed E-state index contributed by atoms with van der Waals surface area (Å²) >= 11 is 0. The molecule has 2 saturated heterocycles. The largest absolute Gasteiger partial charge is 0.390 e. The van der Waals surface area contributed by atoms with Crippen LogP contribution in [0.1, 0.15) is 57.4 Å². The summed E-state index contributed by atoms with van der Waals surface area (Å²) in [5.74, 6) is 0.149. The number of nitrogens with zero attached hydrogens (tertiary/aromatic N) is 2. The Balaban J connectivity index is 1.27. The Kier molecular flexibility index (Phi) is 4.56. The van der Waals surface area contributed by atoms with E-state index >= 15 is 4.39 Å². The van der Waals surface area contributed by atoms with Gasteiger partial charge in [0.05, 0.1) is 23.3 Å². The van der Waals surface area contributed by atoms with Gasteiger partial charge in [-0.3, -0.25) is 5.10 Å². The standard InChI is InChI=1S/C28H37FN4O3/c1-25-8-10-27(29)13-18-22(34)23(35)20(33(2)3)14-26(18)9-11-28(27,36-26)21(25)7-6-17(25)15-4-5-16-19(12-15)31-32-24(16)30/h4-6,12,18,20-23,34-35H,7-11,13-14H2,1-3H3,(H3,30,31,32). The number of alkyl halides is 1. The van der Waals surface area contributed by atoms with E-state index in [0.717, 1.165) is 35.7 Å². The van der Waals surface area contributed by atoms with E-state index in [1.165, 1.54) is 5.57 Å². The fourth-order valence-electron chi connectivity index (χ4n) is 9.22. The molecule has 3 aliphatic carbocycles. The predicted molar refractivity (Wildman–Crippen MR) is 136 cm³/mol. The summed E-state index contributed by atoms with van der Waals surface area (Å²) in [5, 5.41) is 30.1. The zero-order chi connectivity index (χ0) is 25.3. The molecule has 7 rings (SSSR count). The highest BCUT2D eigenvalue weighted by atomic mass is 19.1. The van der Waals surface area contributed by atoms with Gasteiger partial charge in [0.25, 0.3) is 0 Å². The van der Waals surface area contributed by atoms with E-state index in [1.807, 2.05) is 25.1 Å². The average molecular weight is 497 g/mol. The summed E-state index contributed by atoms with van der Waals surface area (Å²) < 4.78 is 24.3. The normalized spacial score (nSPS) is 47.5. The number of ether oxygens (including phenoxy) is 1. The molecule has 2 aliphatic heterocycles. The van der Waals surface area contributed by atoms with E-state index in [2.05, 4.69) is 35.3 Å². The molecule has 8 heteroatoms. The number of fused-ring (bicyclic) bond motifs is 2. The number of benzene rings is 1. The molecule has 0 radical (unpaired) electrons. The fraction of sp³-hybridized carbons (Fsp3) is 0.679. The Labute approximate surface area is 210 Å².